The third-order valence-electron chi connectivity index (χ3n) is 4.76. The van der Waals surface area contributed by atoms with E-state index in [2.05, 4.69) is 28.0 Å². The third-order valence-corrected chi connectivity index (χ3v) is 4.76. The normalized spacial score (nSPS) is 24.3. The van der Waals surface area contributed by atoms with E-state index in [1.165, 1.54) is 57.8 Å². The highest BCUT2D eigenvalue weighted by Gasteiger charge is 2.29. The molecule has 0 amide bonds. The predicted molar refractivity (Wildman–Crippen MR) is 74.8 cm³/mol. The van der Waals surface area contributed by atoms with Crippen LogP contribution in [0.1, 0.15) is 70.8 Å². The molecule has 3 heteroatoms. The monoisotopic (exact) mass is 247 g/mol. The van der Waals surface area contributed by atoms with Gasteiger partial charge in [-0.2, -0.15) is 0 Å². The Kier molecular flexibility index (Phi) is 3.31. The first kappa shape index (κ1) is 12.1. The zero-order valence-corrected chi connectivity index (χ0v) is 11.5. The lowest BCUT2D eigenvalue weighted by Gasteiger charge is -2.35. The first-order valence-electron chi connectivity index (χ1n) is 7.58. The first-order chi connectivity index (χ1) is 8.77. The quantitative estimate of drug-likeness (QED) is 0.870. The first-order valence-corrected chi connectivity index (χ1v) is 7.58. The summed E-state index contributed by atoms with van der Waals surface area (Å²) in [7, 11) is 0. The number of nitrogens with one attached hydrogen (secondary N) is 1. The summed E-state index contributed by atoms with van der Waals surface area (Å²) >= 11 is 0. The van der Waals surface area contributed by atoms with Gasteiger partial charge in [0.25, 0.3) is 0 Å². The summed E-state index contributed by atoms with van der Waals surface area (Å²) in [5.74, 6) is 1.10. The van der Waals surface area contributed by atoms with Crippen molar-refractivity contribution in [3.63, 3.8) is 0 Å². The van der Waals surface area contributed by atoms with Gasteiger partial charge < -0.3 is 9.88 Å². The zero-order chi connectivity index (χ0) is 12.4. The van der Waals surface area contributed by atoms with Gasteiger partial charge in [0.2, 0.25) is 5.95 Å². The number of hydrogen-bond acceptors (Lipinski definition) is 2. The molecule has 0 unspecified atom stereocenters. The van der Waals surface area contributed by atoms with E-state index in [-0.39, 0.29) is 5.54 Å². The average Bonchev–Trinajstić information content (AvgIpc) is 2.99. The standard InChI is InChI=1S/C15H25N3/c1-15(9-5-2-6-10-15)17-14-16-11-12-18(14)13-7-3-4-8-13/h11-13H,2-10H2,1H3,(H,16,17). The molecular weight excluding hydrogens is 222 g/mol. The maximum atomic E-state index is 4.55. The van der Waals surface area contributed by atoms with Gasteiger partial charge in [-0.15, -0.1) is 0 Å². The van der Waals surface area contributed by atoms with E-state index in [4.69, 9.17) is 0 Å². The van der Waals surface area contributed by atoms with Gasteiger partial charge in [0.1, 0.15) is 0 Å². The highest BCUT2D eigenvalue weighted by molar-refractivity contribution is 5.31. The summed E-state index contributed by atoms with van der Waals surface area (Å²) in [6.45, 7) is 2.36. The summed E-state index contributed by atoms with van der Waals surface area (Å²) in [4.78, 5) is 4.55. The van der Waals surface area contributed by atoms with Gasteiger partial charge in [-0.05, 0) is 32.6 Å². The molecule has 3 rings (SSSR count). The molecule has 0 spiro atoms. The topological polar surface area (TPSA) is 29.9 Å². The van der Waals surface area contributed by atoms with Gasteiger partial charge in [-0.3, -0.25) is 0 Å². The fourth-order valence-electron chi connectivity index (χ4n) is 3.61. The number of aromatic nitrogens is 2. The van der Waals surface area contributed by atoms with Crippen molar-refractivity contribution in [2.24, 2.45) is 0 Å². The van der Waals surface area contributed by atoms with Crippen molar-refractivity contribution in [2.75, 3.05) is 5.32 Å². The molecule has 100 valence electrons. The summed E-state index contributed by atoms with van der Waals surface area (Å²) < 4.78 is 2.38. The van der Waals surface area contributed by atoms with Crippen LogP contribution < -0.4 is 5.32 Å². The Labute approximate surface area is 110 Å². The van der Waals surface area contributed by atoms with Crippen LogP contribution >= 0.6 is 0 Å². The molecule has 2 fully saturated rings. The molecule has 2 aliphatic carbocycles. The van der Waals surface area contributed by atoms with E-state index >= 15 is 0 Å². The highest BCUT2D eigenvalue weighted by Crippen LogP contribution is 2.34. The zero-order valence-electron chi connectivity index (χ0n) is 11.5. The molecule has 0 bridgehead atoms. The van der Waals surface area contributed by atoms with Crippen molar-refractivity contribution in [3.05, 3.63) is 12.4 Å². The molecule has 2 aliphatic rings. The molecule has 1 aromatic rings. The molecule has 0 atom stereocenters. The molecule has 0 radical (unpaired) electrons. The number of anilines is 1. The van der Waals surface area contributed by atoms with Crippen LogP contribution in [-0.2, 0) is 0 Å². The molecule has 1 N–H and O–H groups in total. The van der Waals surface area contributed by atoms with Gasteiger partial charge >= 0.3 is 0 Å². The lowest BCUT2D eigenvalue weighted by molar-refractivity contribution is 0.344. The molecule has 2 saturated carbocycles. The molecule has 0 saturated heterocycles. The van der Waals surface area contributed by atoms with Crippen molar-refractivity contribution in [1.29, 1.82) is 0 Å². The average molecular weight is 247 g/mol. The van der Waals surface area contributed by atoms with Crippen LogP contribution in [0.15, 0.2) is 12.4 Å². The number of imidazole rings is 1. The van der Waals surface area contributed by atoms with E-state index in [0.717, 1.165) is 5.95 Å². The molecule has 0 aromatic carbocycles. The van der Waals surface area contributed by atoms with E-state index < -0.39 is 0 Å². The predicted octanol–water partition coefficient (Wildman–Crippen LogP) is 4.13. The van der Waals surface area contributed by atoms with Gasteiger partial charge in [-0.25, -0.2) is 4.98 Å². The summed E-state index contributed by atoms with van der Waals surface area (Å²) in [5, 5.41) is 3.73. The lowest BCUT2D eigenvalue weighted by atomic mass is 9.83. The molecular formula is C15H25N3. The Morgan fingerprint density at radius 2 is 1.89 bits per heavy atom. The van der Waals surface area contributed by atoms with Gasteiger partial charge in [0, 0.05) is 24.0 Å². The smallest absolute Gasteiger partial charge is 0.203 e. The third kappa shape index (κ3) is 2.40. The van der Waals surface area contributed by atoms with Crippen molar-refractivity contribution in [2.45, 2.75) is 76.3 Å². The van der Waals surface area contributed by atoms with Crippen molar-refractivity contribution in [1.82, 2.24) is 9.55 Å². The Morgan fingerprint density at radius 3 is 2.61 bits per heavy atom. The minimum absolute atomic E-state index is 0.264. The van der Waals surface area contributed by atoms with Crippen molar-refractivity contribution >= 4 is 5.95 Å². The summed E-state index contributed by atoms with van der Waals surface area (Å²) in [5.41, 5.74) is 0.264. The SMILES string of the molecule is CC1(Nc2nccn2C2CCCC2)CCCCC1. The van der Waals surface area contributed by atoms with E-state index in [1.807, 2.05) is 6.20 Å². The number of hydrogen-bond donors (Lipinski definition) is 1. The Hall–Kier alpha value is -0.990. The number of nitrogens with zero attached hydrogens (tertiary/aromatic N) is 2. The second-order valence-electron chi connectivity index (χ2n) is 6.34. The van der Waals surface area contributed by atoms with Crippen LogP contribution in [-0.4, -0.2) is 15.1 Å². The van der Waals surface area contributed by atoms with Crippen LogP contribution in [0.3, 0.4) is 0 Å². The van der Waals surface area contributed by atoms with Crippen LogP contribution in [0, 0.1) is 0 Å². The lowest BCUT2D eigenvalue weighted by Crippen LogP contribution is -2.38. The fourth-order valence-corrected chi connectivity index (χ4v) is 3.61. The molecule has 0 aliphatic heterocycles. The Bertz CT molecular complexity index is 384. The van der Waals surface area contributed by atoms with E-state index in [0.29, 0.717) is 6.04 Å². The van der Waals surface area contributed by atoms with E-state index in [1.54, 1.807) is 0 Å². The van der Waals surface area contributed by atoms with E-state index in [9.17, 15) is 0 Å². The minimum Gasteiger partial charge on any atom is -0.350 e. The van der Waals surface area contributed by atoms with Gasteiger partial charge in [0.15, 0.2) is 0 Å². The van der Waals surface area contributed by atoms with Crippen LogP contribution in [0.25, 0.3) is 0 Å². The minimum atomic E-state index is 0.264. The highest BCUT2D eigenvalue weighted by atomic mass is 15.2. The Morgan fingerprint density at radius 1 is 1.17 bits per heavy atom. The largest absolute Gasteiger partial charge is 0.350 e. The van der Waals surface area contributed by atoms with Gasteiger partial charge in [-0.1, -0.05) is 32.1 Å². The molecule has 1 aromatic heterocycles. The second kappa shape index (κ2) is 4.94. The van der Waals surface area contributed by atoms with Crippen molar-refractivity contribution in [3.8, 4) is 0 Å². The van der Waals surface area contributed by atoms with Crippen molar-refractivity contribution < 1.29 is 0 Å². The molecule has 1 heterocycles. The van der Waals surface area contributed by atoms with Crippen LogP contribution in [0.2, 0.25) is 0 Å². The van der Waals surface area contributed by atoms with Crippen LogP contribution in [0.5, 0.6) is 0 Å². The summed E-state index contributed by atoms with van der Waals surface area (Å²) in [6, 6.07) is 0.683. The second-order valence-corrected chi connectivity index (χ2v) is 6.34. The Balaban J connectivity index is 1.74. The maximum Gasteiger partial charge on any atom is 0.203 e. The summed E-state index contributed by atoms with van der Waals surface area (Å²) in [6.07, 6.45) is 16.2. The molecule has 18 heavy (non-hydrogen) atoms. The molecule has 3 nitrogen and oxygen atoms in total. The maximum absolute atomic E-state index is 4.55. The van der Waals surface area contributed by atoms with Crippen LogP contribution in [0.4, 0.5) is 5.95 Å². The number of rotatable bonds is 3. The fraction of sp³-hybridized carbons (Fsp3) is 0.800. The van der Waals surface area contributed by atoms with Gasteiger partial charge in [0.05, 0.1) is 0 Å².